The first kappa shape index (κ1) is 14.4. The zero-order valence-electron chi connectivity index (χ0n) is 11.2. The molecular formula is C15H12N2O4. The molecule has 0 saturated carbocycles. The molecule has 1 N–H and O–H groups in total. The zero-order chi connectivity index (χ0) is 15.2. The number of azo groups is 1. The average Bonchev–Trinajstić information content (AvgIpc) is 2.53. The first-order chi connectivity index (χ1) is 10.1. The maximum absolute atomic E-state index is 11.4. The predicted molar refractivity (Wildman–Crippen MR) is 75.5 cm³/mol. The summed E-state index contributed by atoms with van der Waals surface area (Å²) in [7, 11) is 1.30. The van der Waals surface area contributed by atoms with E-state index in [-0.39, 0.29) is 11.3 Å². The number of carbonyl (C=O) groups excluding carboxylic acids is 2. The van der Waals surface area contributed by atoms with Gasteiger partial charge in [-0.05, 0) is 36.4 Å². The normalized spacial score (nSPS) is 10.5. The number of methoxy groups -OCH3 is 1. The fraction of sp³-hybridized carbons (Fsp3) is 0.0667. The summed E-state index contributed by atoms with van der Waals surface area (Å²) >= 11 is 0. The predicted octanol–water partition coefficient (Wildman–Crippen LogP) is 3.41. The molecule has 0 fully saturated rings. The SMILES string of the molecule is COC(=O)c1cccc(N=Nc2ccc(O)c(C=O)c2)c1. The number of rotatable bonds is 4. The minimum Gasteiger partial charge on any atom is -0.507 e. The van der Waals surface area contributed by atoms with Gasteiger partial charge in [-0.1, -0.05) is 6.07 Å². The molecule has 6 nitrogen and oxygen atoms in total. The summed E-state index contributed by atoms with van der Waals surface area (Å²) < 4.78 is 4.62. The molecule has 2 aromatic carbocycles. The van der Waals surface area contributed by atoms with Crippen LogP contribution in [0.1, 0.15) is 20.7 Å². The number of esters is 1. The quantitative estimate of drug-likeness (QED) is 0.529. The van der Waals surface area contributed by atoms with E-state index >= 15 is 0 Å². The summed E-state index contributed by atoms with van der Waals surface area (Å²) in [5.74, 6) is -0.573. The highest BCUT2D eigenvalue weighted by Crippen LogP contribution is 2.24. The molecule has 0 radical (unpaired) electrons. The van der Waals surface area contributed by atoms with Gasteiger partial charge in [0.05, 0.1) is 29.6 Å². The van der Waals surface area contributed by atoms with Crippen LogP contribution in [-0.2, 0) is 4.74 Å². The van der Waals surface area contributed by atoms with Crippen molar-refractivity contribution in [2.75, 3.05) is 7.11 Å². The number of benzene rings is 2. The van der Waals surface area contributed by atoms with Gasteiger partial charge in [0.25, 0.3) is 0 Å². The van der Waals surface area contributed by atoms with Crippen molar-refractivity contribution >= 4 is 23.6 Å². The van der Waals surface area contributed by atoms with E-state index in [0.29, 0.717) is 23.2 Å². The summed E-state index contributed by atoms with van der Waals surface area (Å²) in [6, 6.07) is 10.8. The second-order valence-corrected chi connectivity index (χ2v) is 4.10. The number of phenolic OH excluding ortho intramolecular Hbond substituents is 1. The number of aldehydes is 1. The van der Waals surface area contributed by atoms with Gasteiger partial charge in [0.15, 0.2) is 6.29 Å². The Labute approximate surface area is 120 Å². The molecule has 0 unspecified atom stereocenters. The van der Waals surface area contributed by atoms with Crippen molar-refractivity contribution in [2.45, 2.75) is 0 Å². The standard InChI is InChI=1S/C15H12N2O4/c1-21-15(20)10-3-2-4-12(7-10)16-17-13-5-6-14(19)11(8-13)9-18/h2-9,19H,1H3. The molecule has 2 rings (SSSR count). The molecule has 0 aliphatic heterocycles. The fourth-order valence-corrected chi connectivity index (χ4v) is 1.63. The van der Waals surface area contributed by atoms with Crippen molar-refractivity contribution < 1.29 is 19.4 Å². The van der Waals surface area contributed by atoms with Gasteiger partial charge in [-0.25, -0.2) is 4.79 Å². The lowest BCUT2D eigenvalue weighted by Crippen LogP contribution is -1.99. The van der Waals surface area contributed by atoms with Crippen LogP contribution >= 0.6 is 0 Å². The minimum atomic E-state index is -0.458. The van der Waals surface area contributed by atoms with Gasteiger partial charge in [0.1, 0.15) is 5.75 Å². The van der Waals surface area contributed by atoms with Crippen molar-refractivity contribution in [1.29, 1.82) is 0 Å². The first-order valence-corrected chi connectivity index (χ1v) is 6.02. The topological polar surface area (TPSA) is 88.3 Å². The highest BCUT2D eigenvalue weighted by atomic mass is 16.5. The van der Waals surface area contributed by atoms with Crippen LogP contribution in [0.4, 0.5) is 11.4 Å². The molecule has 0 atom stereocenters. The molecule has 0 amide bonds. The van der Waals surface area contributed by atoms with Crippen molar-refractivity contribution in [3.63, 3.8) is 0 Å². The van der Waals surface area contributed by atoms with Crippen molar-refractivity contribution in [2.24, 2.45) is 10.2 Å². The minimum absolute atomic E-state index is 0.114. The molecular weight excluding hydrogens is 272 g/mol. The molecule has 6 heteroatoms. The van der Waals surface area contributed by atoms with E-state index in [2.05, 4.69) is 15.0 Å². The fourth-order valence-electron chi connectivity index (χ4n) is 1.63. The number of hydrogen-bond donors (Lipinski definition) is 1. The molecule has 0 aliphatic rings. The van der Waals surface area contributed by atoms with Gasteiger partial charge in [-0.15, -0.1) is 0 Å². The third-order valence-corrected chi connectivity index (χ3v) is 2.69. The molecule has 21 heavy (non-hydrogen) atoms. The van der Waals surface area contributed by atoms with E-state index in [1.807, 2.05) is 0 Å². The van der Waals surface area contributed by atoms with Gasteiger partial charge in [-0.2, -0.15) is 10.2 Å². The second kappa shape index (κ2) is 6.42. The Kier molecular flexibility index (Phi) is 4.40. The summed E-state index contributed by atoms with van der Waals surface area (Å²) in [6.45, 7) is 0. The number of ether oxygens (including phenoxy) is 1. The van der Waals surface area contributed by atoms with E-state index in [1.165, 1.54) is 31.4 Å². The molecule has 106 valence electrons. The van der Waals surface area contributed by atoms with Gasteiger partial charge in [0.2, 0.25) is 0 Å². The van der Waals surface area contributed by atoms with Gasteiger partial charge in [-0.3, -0.25) is 4.79 Å². The van der Waals surface area contributed by atoms with Gasteiger partial charge in [0, 0.05) is 0 Å². The van der Waals surface area contributed by atoms with Crippen LogP contribution in [-0.4, -0.2) is 24.5 Å². The zero-order valence-corrected chi connectivity index (χ0v) is 11.2. The molecule has 0 aliphatic carbocycles. The maximum atomic E-state index is 11.4. The number of hydrogen-bond acceptors (Lipinski definition) is 6. The molecule has 0 heterocycles. The van der Waals surface area contributed by atoms with E-state index in [0.717, 1.165) is 0 Å². The maximum Gasteiger partial charge on any atom is 0.337 e. The molecule has 2 aromatic rings. The van der Waals surface area contributed by atoms with Crippen molar-refractivity contribution in [3.8, 4) is 5.75 Å². The van der Waals surface area contributed by atoms with E-state index in [9.17, 15) is 14.7 Å². The second-order valence-electron chi connectivity index (χ2n) is 4.10. The number of nitrogens with zero attached hydrogens (tertiary/aromatic N) is 2. The van der Waals surface area contributed by atoms with Crippen LogP contribution < -0.4 is 0 Å². The van der Waals surface area contributed by atoms with Crippen LogP contribution in [0.2, 0.25) is 0 Å². The largest absolute Gasteiger partial charge is 0.507 e. The number of aromatic hydroxyl groups is 1. The molecule has 0 bridgehead atoms. The Hall–Kier alpha value is -3.02. The highest BCUT2D eigenvalue weighted by Gasteiger charge is 2.05. The first-order valence-electron chi connectivity index (χ1n) is 6.02. The Balaban J connectivity index is 2.25. The summed E-state index contributed by atoms with van der Waals surface area (Å²) in [6.07, 6.45) is 0.534. The average molecular weight is 284 g/mol. The highest BCUT2D eigenvalue weighted by molar-refractivity contribution is 5.90. The van der Waals surface area contributed by atoms with Crippen LogP contribution in [0.5, 0.6) is 5.75 Å². The number of phenols is 1. The smallest absolute Gasteiger partial charge is 0.337 e. The van der Waals surface area contributed by atoms with Crippen molar-refractivity contribution in [1.82, 2.24) is 0 Å². The monoisotopic (exact) mass is 284 g/mol. The third-order valence-electron chi connectivity index (χ3n) is 2.69. The van der Waals surface area contributed by atoms with Gasteiger partial charge < -0.3 is 9.84 Å². The molecule has 0 spiro atoms. The Morgan fingerprint density at radius 1 is 1.14 bits per heavy atom. The summed E-state index contributed by atoms with van der Waals surface area (Å²) in [5, 5.41) is 17.3. The van der Waals surface area contributed by atoms with Crippen LogP contribution in [0.25, 0.3) is 0 Å². The molecule has 0 aromatic heterocycles. The molecule has 0 saturated heterocycles. The van der Waals surface area contributed by atoms with E-state index in [1.54, 1.807) is 18.2 Å². The lowest BCUT2D eigenvalue weighted by molar-refractivity contribution is 0.0600. The number of carbonyl (C=O) groups is 2. The van der Waals surface area contributed by atoms with Crippen LogP contribution in [0, 0.1) is 0 Å². The lowest BCUT2D eigenvalue weighted by atomic mass is 10.2. The van der Waals surface area contributed by atoms with Crippen molar-refractivity contribution in [3.05, 3.63) is 53.6 Å². The van der Waals surface area contributed by atoms with E-state index in [4.69, 9.17) is 0 Å². The van der Waals surface area contributed by atoms with Crippen LogP contribution in [0.15, 0.2) is 52.7 Å². The summed E-state index contributed by atoms with van der Waals surface area (Å²) in [4.78, 5) is 22.1. The summed E-state index contributed by atoms with van der Waals surface area (Å²) in [5.41, 5.74) is 1.39. The Bertz CT molecular complexity index is 711. The van der Waals surface area contributed by atoms with Gasteiger partial charge >= 0.3 is 5.97 Å². The third kappa shape index (κ3) is 3.50. The Morgan fingerprint density at radius 3 is 2.52 bits per heavy atom. The van der Waals surface area contributed by atoms with Crippen LogP contribution in [0.3, 0.4) is 0 Å². The van der Waals surface area contributed by atoms with E-state index < -0.39 is 5.97 Å². The Morgan fingerprint density at radius 2 is 1.86 bits per heavy atom. The lowest BCUT2D eigenvalue weighted by Gasteiger charge is -2.00.